The van der Waals surface area contributed by atoms with Crippen molar-refractivity contribution in [3.8, 4) is 0 Å². The second-order valence-corrected chi connectivity index (χ2v) is 10.2. The van der Waals surface area contributed by atoms with Crippen molar-refractivity contribution in [1.29, 1.82) is 0 Å². The van der Waals surface area contributed by atoms with Crippen LogP contribution in [0.1, 0.15) is 63.4 Å². The summed E-state index contributed by atoms with van der Waals surface area (Å²) in [5.74, 6) is 0.837. The predicted octanol–water partition coefficient (Wildman–Crippen LogP) is 2.41. The van der Waals surface area contributed by atoms with Gasteiger partial charge in [0, 0.05) is 37.8 Å². The number of carbonyl (C=O) groups excluding carboxylic acids is 1. The molecule has 8 heteroatoms. The maximum atomic E-state index is 12.6. The molecule has 1 fully saturated rings. The van der Waals surface area contributed by atoms with E-state index in [1.807, 2.05) is 23.4 Å². The van der Waals surface area contributed by atoms with Gasteiger partial charge in [0.15, 0.2) is 0 Å². The Morgan fingerprint density at radius 1 is 1.25 bits per heavy atom. The number of amides is 1. The van der Waals surface area contributed by atoms with Crippen molar-refractivity contribution in [1.82, 2.24) is 19.4 Å². The lowest BCUT2D eigenvalue weighted by Crippen LogP contribution is -2.47. The summed E-state index contributed by atoms with van der Waals surface area (Å²) in [5, 5.41) is 4.63. The third-order valence-electron chi connectivity index (χ3n) is 5.33. The summed E-state index contributed by atoms with van der Waals surface area (Å²) in [4.78, 5) is 14.5. The molecule has 1 aromatic heterocycles. The van der Waals surface area contributed by atoms with E-state index in [1.54, 1.807) is 0 Å². The standard InChI is InChI=1S/C20H36N4O3S/c1-6-13-28(26,27)22-18-9-11-23(12-10-18)20(25)8-7-19-16(4)21-24(17(19)5)14-15(2)3/h15,18,22H,6-14H2,1-5H3. The number of carbonyl (C=O) groups is 1. The van der Waals surface area contributed by atoms with E-state index in [0.717, 1.165) is 17.9 Å². The lowest BCUT2D eigenvalue weighted by Gasteiger charge is -2.32. The Bertz CT molecular complexity index is 763. The van der Waals surface area contributed by atoms with E-state index >= 15 is 0 Å². The summed E-state index contributed by atoms with van der Waals surface area (Å²) in [6.07, 6.45) is 3.15. The van der Waals surface area contributed by atoms with Crippen LogP contribution < -0.4 is 4.72 Å². The van der Waals surface area contributed by atoms with Crippen molar-refractivity contribution in [2.45, 2.75) is 79.3 Å². The number of hydrogen-bond acceptors (Lipinski definition) is 4. The molecule has 1 aromatic rings. The Hall–Kier alpha value is -1.41. The van der Waals surface area contributed by atoms with Gasteiger partial charge in [-0.15, -0.1) is 0 Å². The van der Waals surface area contributed by atoms with Gasteiger partial charge in [0.05, 0.1) is 11.4 Å². The summed E-state index contributed by atoms with van der Waals surface area (Å²) in [7, 11) is -3.19. The number of likely N-dealkylation sites (tertiary alicyclic amines) is 1. The van der Waals surface area contributed by atoms with Crippen LogP contribution in [-0.4, -0.2) is 53.9 Å². The fourth-order valence-corrected chi connectivity index (χ4v) is 5.24. The zero-order chi connectivity index (χ0) is 20.9. The fourth-order valence-electron chi connectivity index (χ4n) is 3.84. The fraction of sp³-hybridized carbons (Fsp3) is 0.800. The molecule has 7 nitrogen and oxygen atoms in total. The van der Waals surface area contributed by atoms with Crippen LogP contribution >= 0.6 is 0 Å². The van der Waals surface area contributed by atoms with Crippen molar-refractivity contribution >= 4 is 15.9 Å². The molecule has 0 aliphatic carbocycles. The molecule has 2 rings (SSSR count). The summed E-state index contributed by atoms with van der Waals surface area (Å²) in [6.45, 7) is 12.4. The van der Waals surface area contributed by atoms with Crippen LogP contribution in [0.5, 0.6) is 0 Å². The lowest BCUT2D eigenvalue weighted by molar-refractivity contribution is -0.132. The number of hydrogen-bond donors (Lipinski definition) is 1. The first-order valence-electron chi connectivity index (χ1n) is 10.4. The molecule has 1 saturated heterocycles. The number of nitrogens with one attached hydrogen (secondary N) is 1. The van der Waals surface area contributed by atoms with Gasteiger partial charge in [0.1, 0.15) is 0 Å². The van der Waals surface area contributed by atoms with Gasteiger partial charge in [0.2, 0.25) is 15.9 Å². The number of piperidine rings is 1. The molecule has 0 saturated carbocycles. The molecule has 1 aliphatic rings. The quantitative estimate of drug-likeness (QED) is 0.675. The highest BCUT2D eigenvalue weighted by atomic mass is 32.2. The highest BCUT2D eigenvalue weighted by Gasteiger charge is 2.25. The number of aryl methyl sites for hydroxylation is 1. The van der Waals surface area contributed by atoms with Crippen molar-refractivity contribution in [2.75, 3.05) is 18.8 Å². The second-order valence-electron chi connectivity index (χ2n) is 8.32. The van der Waals surface area contributed by atoms with Crippen LogP contribution in [-0.2, 0) is 27.8 Å². The minimum absolute atomic E-state index is 0.0562. The molecule has 160 valence electrons. The summed E-state index contributed by atoms with van der Waals surface area (Å²) in [5.41, 5.74) is 3.34. The third kappa shape index (κ3) is 6.30. The molecule has 0 spiro atoms. The molecule has 0 radical (unpaired) electrons. The van der Waals surface area contributed by atoms with Gasteiger partial charge in [-0.2, -0.15) is 5.10 Å². The van der Waals surface area contributed by atoms with Crippen LogP contribution in [0.15, 0.2) is 0 Å². The largest absolute Gasteiger partial charge is 0.343 e. The number of sulfonamides is 1. The molecule has 1 N–H and O–H groups in total. The van der Waals surface area contributed by atoms with Crippen LogP contribution in [0, 0.1) is 19.8 Å². The average Bonchev–Trinajstić information content (AvgIpc) is 2.85. The van der Waals surface area contributed by atoms with Gasteiger partial charge in [-0.25, -0.2) is 13.1 Å². The number of aromatic nitrogens is 2. The van der Waals surface area contributed by atoms with Crippen LogP contribution in [0.25, 0.3) is 0 Å². The van der Waals surface area contributed by atoms with E-state index in [1.165, 1.54) is 5.56 Å². The van der Waals surface area contributed by atoms with Crippen molar-refractivity contribution in [3.63, 3.8) is 0 Å². The molecule has 1 aliphatic heterocycles. The van der Waals surface area contributed by atoms with Crippen LogP contribution in [0.2, 0.25) is 0 Å². The molecular formula is C20H36N4O3S. The van der Waals surface area contributed by atoms with Gasteiger partial charge in [-0.05, 0) is 51.0 Å². The normalized spacial score (nSPS) is 16.1. The summed E-state index contributed by atoms with van der Waals surface area (Å²) < 4.78 is 28.6. The molecule has 0 unspecified atom stereocenters. The Balaban J connectivity index is 1.85. The second kappa shape index (κ2) is 9.87. The minimum atomic E-state index is -3.19. The zero-order valence-electron chi connectivity index (χ0n) is 18.0. The first kappa shape index (κ1) is 22.9. The molecule has 0 aromatic carbocycles. The lowest BCUT2D eigenvalue weighted by atomic mass is 10.0. The van der Waals surface area contributed by atoms with Gasteiger partial charge in [0.25, 0.3) is 0 Å². The van der Waals surface area contributed by atoms with Gasteiger partial charge in [-0.3, -0.25) is 9.48 Å². The van der Waals surface area contributed by atoms with Crippen LogP contribution in [0.3, 0.4) is 0 Å². The topological polar surface area (TPSA) is 84.3 Å². The number of nitrogens with zero attached hydrogens (tertiary/aromatic N) is 3. The van der Waals surface area contributed by atoms with Crippen LogP contribution in [0.4, 0.5) is 0 Å². The van der Waals surface area contributed by atoms with Crippen molar-refractivity contribution in [2.24, 2.45) is 5.92 Å². The van der Waals surface area contributed by atoms with Gasteiger partial charge < -0.3 is 4.90 Å². The highest BCUT2D eigenvalue weighted by Crippen LogP contribution is 2.18. The summed E-state index contributed by atoms with van der Waals surface area (Å²) >= 11 is 0. The van der Waals surface area contributed by atoms with Gasteiger partial charge in [-0.1, -0.05) is 20.8 Å². The zero-order valence-corrected chi connectivity index (χ0v) is 18.8. The van der Waals surface area contributed by atoms with E-state index in [4.69, 9.17) is 0 Å². The molecule has 0 atom stereocenters. The predicted molar refractivity (Wildman–Crippen MR) is 112 cm³/mol. The molecule has 1 amide bonds. The number of rotatable bonds is 9. The maximum absolute atomic E-state index is 12.6. The van der Waals surface area contributed by atoms with E-state index in [0.29, 0.717) is 51.1 Å². The van der Waals surface area contributed by atoms with Crippen molar-refractivity contribution in [3.05, 3.63) is 17.0 Å². The molecular weight excluding hydrogens is 376 g/mol. The first-order valence-corrected chi connectivity index (χ1v) is 12.1. The summed E-state index contributed by atoms with van der Waals surface area (Å²) in [6, 6.07) is -0.0562. The average molecular weight is 413 g/mol. The highest BCUT2D eigenvalue weighted by molar-refractivity contribution is 7.89. The molecule has 28 heavy (non-hydrogen) atoms. The Morgan fingerprint density at radius 3 is 2.46 bits per heavy atom. The molecule has 0 bridgehead atoms. The third-order valence-corrected chi connectivity index (χ3v) is 6.96. The SMILES string of the molecule is CCCS(=O)(=O)NC1CCN(C(=O)CCc2c(C)nn(CC(C)C)c2C)CC1. The van der Waals surface area contributed by atoms with Gasteiger partial charge >= 0.3 is 0 Å². The van der Waals surface area contributed by atoms with E-state index < -0.39 is 10.0 Å². The van der Waals surface area contributed by atoms with E-state index in [2.05, 4.69) is 30.6 Å². The smallest absolute Gasteiger partial charge is 0.222 e. The van der Waals surface area contributed by atoms with Crippen molar-refractivity contribution < 1.29 is 13.2 Å². The Morgan fingerprint density at radius 2 is 1.89 bits per heavy atom. The van der Waals surface area contributed by atoms with E-state index in [9.17, 15) is 13.2 Å². The monoisotopic (exact) mass is 412 g/mol. The maximum Gasteiger partial charge on any atom is 0.222 e. The Kier molecular flexibility index (Phi) is 8.07. The first-order chi connectivity index (χ1) is 13.1. The molecule has 2 heterocycles. The van der Waals surface area contributed by atoms with E-state index in [-0.39, 0.29) is 17.7 Å². The minimum Gasteiger partial charge on any atom is -0.343 e. The Labute approximate surface area is 169 Å².